The SMILES string of the molecule is C1#CCC[NH+]2CCC#CCC[NH+](CC1)CCCC2. The number of quaternary nitrogens is 2. The van der Waals surface area contributed by atoms with Crippen LogP contribution in [-0.2, 0) is 0 Å². The molecular weight excluding hydrogens is 220 g/mol. The summed E-state index contributed by atoms with van der Waals surface area (Å²) in [7, 11) is 0. The minimum atomic E-state index is 1.07. The lowest BCUT2D eigenvalue weighted by Gasteiger charge is -2.21. The summed E-state index contributed by atoms with van der Waals surface area (Å²) in [6.45, 7) is 7.49. The normalized spacial score (nSPS) is 29.8. The summed E-state index contributed by atoms with van der Waals surface area (Å²) in [5.41, 5.74) is 0. The molecule has 0 saturated heterocycles. The lowest BCUT2D eigenvalue weighted by atomic mass is 10.2. The minimum absolute atomic E-state index is 1.07. The van der Waals surface area contributed by atoms with Crippen molar-refractivity contribution in [2.24, 2.45) is 0 Å². The maximum atomic E-state index is 3.35. The van der Waals surface area contributed by atoms with Gasteiger partial charge in [0.15, 0.2) is 0 Å². The van der Waals surface area contributed by atoms with E-state index in [1.807, 2.05) is 0 Å². The Morgan fingerprint density at radius 1 is 0.444 bits per heavy atom. The maximum Gasteiger partial charge on any atom is 0.0882 e. The summed E-state index contributed by atoms with van der Waals surface area (Å²) in [5.74, 6) is 13.4. The first-order valence-corrected chi connectivity index (χ1v) is 7.54. The van der Waals surface area contributed by atoms with E-state index in [1.54, 1.807) is 9.80 Å². The summed E-state index contributed by atoms with van der Waals surface area (Å²) >= 11 is 0. The third kappa shape index (κ3) is 5.13. The number of fused-ring (bicyclic) bond motifs is 5. The first kappa shape index (κ1) is 13.5. The summed E-state index contributed by atoms with van der Waals surface area (Å²) in [6, 6.07) is 0. The maximum absolute atomic E-state index is 3.35. The molecule has 0 aromatic heterocycles. The van der Waals surface area contributed by atoms with Crippen molar-refractivity contribution in [3.05, 3.63) is 0 Å². The Morgan fingerprint density at radius 2 is 0.778 bits per heavy atom. The quantitative estimate of drug-likeness (QED) is 0.514. The highest BCUT2D eigenvalue weighted by Gasteiger charge is 2.11. The Bertz CT molecular complexity index is 293. The molecule has 0 aromatic rings. The molecule has 0 aliphatic carbocycles. The number of rotatable bonds is 0. The van der Waals surface area contributed by atoms with Crippen molar-refractivity contribution in [3.63, 3.8) is 0 Å². The fourth-order valence-electron chi connectivity index (χ4n) is 2.81. The molecule has 0 aromatic carbocycles. The molecule has 2 aliphatic rings. The van der Waals surface area contributed by atoms with Crippen LogP contribution >= 0.6 is 0 Å². The van der Waals surface area contributed by atoms with E-state index in [1.165, 1.54) is 52.1 Å². The van der Waals surface area contributed by atoms with Gasteiger partial charge < -0.3 is 9.80 Å². The molecule has 98 valence electrons. The zero-order valence-electron chi connectivity index (χ0n) is 11.5. The van der Waals surface area contributed by atoms with Crippen molar-refractivity contribution in [2.75, 3.05) is 39.3 Å². The molecule has 2 bridgehead atoms. The molecule has 0 fully saturated rings. The molecule has 2 nitrogen and oxygen atoms in total. The van der Waals surface area contributed by atoms with E-state index in [4.69, 9.17) is 0 Å². The molecule has 2 heterocycles. The highest BCUT2D eigenvalue weighted by atomic mass is 15.1. The van der Waals surface area contributed by atoms with Gasteiger partial charge in [0.2, 0.25) is 0 Å². The Labute approximate surface area is 112 Å². The van der Waals surface area contributed by atoms with Gasteiger partial charge in [0.25, 0.3) is 0 Å². The molecule has 0 radical (unpaired) electrons. The Kier molecular flexibility index (Phi) is 6.13. The van der Waals surface area contributed by atoms with Gasteiger partial charge in [-0.15, -0.1) is 0 Å². The third-order valence-corrected chi connectivity index (χ3v) is 3.97. The van der Waals surface area contributed by atoms with Gasteiger partial charge in [-0.2, -0.15) is 0 Å². The van der Waals surface area contributed by atoms with Crippen molar-refractivity contribution in [2.45, 2.75) is 38.5 Å². The van der Waals surface area contributed by atoms with Crippen LogP contribution in [0.15, 0.2) is 0 Å². The average molecular weight is 246 g/mol. The van der Waals surface area contributed by atoms with Gasteiger partial charge in [-0.05, 0) is 0 Å². The average Bonchev–Trinajstić information content (AvgIpc) is 2.36. The van der Waals surface area contributed by atoms with Crippen LogP contribution < -0.4 is 9.80 Å². The molecule has 2 heteroatoms. The standard InChI is InChI=1S/C16H24N2/c1-2-6-12-18-14-8-4-3-7-13-17(11-5-1)15-9-10-16-18/h5-16H2/p+2. The van der Waals surface area contributed by atoms with Crippen molar-refractivity contribution < 1.29 is 9.80 Å². The predicted molar refractivity (Wildman–Crippen MR) is 74.4 cm³/mol. The van der Waals surface area contributed by atoms with Gasteiger partial charge in [0.1, 0.15) is 0 Å². The van der Waals surface area contributed by atoms with Gasteiger partial charge in [-0.1, -0.05) is 23.7 Å². The molecule has 0 unspecified atom stereocenters. The van der Waals surface area contributed by atoms with E-state index in [0.29, 0.717) is 0 Å². The fourth-order valence-corrected chi connectivity index (χ4v) is 2.81. The number of hydrogen-bond acceptors (Lipinski definition) is 0. The summed E-state index contributed by atoms with van der Waals surface area (Å²) in [5, 5.41) is 0. The summed E-state index contributed by atoms with van der Waals surface area (Å²) < 4.78 is 0. The largest absolute Gasteiger partial charge is 0.333 e. The fraction of sp³-hybridized carbons (Fsp3) is 0.750. The third-order valence-electron chi connectivity index (χ3n) is 3.97. The van der Waals surface area contributed by atoms with Crippen molar-refractivity contribution in [3.8, 4) is 23.7 Å². The Hall–Kier alpha value is -0.960. The second-order valence-electron chi connectivity index (χ2n) is 5.41. The van der Waals surface area contributed by atoms with Crippen molar-refractivity contribution in [1.82, 2.24) is 0 Å². The van der Waals surface area contributed by atoms with Crippen LogP contribution in [0.25, 0.3) is 0 Å². The highest BCUT2D eigenvalue weighted by Crippen LogP contribution is 1.85. The van der Waals surface area contributed by atoms with E-state index in [9.17, 15) is 0 Å². The van der Waals surface area contributed by atoms with Crippen LogP contribution in [-0.4, -0.2) is 39.3 Å². The van der Waals surface area contributed by atoms with E-state index in [2.05, 4.69) is 23.7 Å². The van der Waals surface area contributed by atoms with Crippen LogP contribution in [0.5, 0.6) is 0 Å². The van der Waals surface area contributed by atoms with Gasteiger partial charge in [-0.3, -0.25) is 0 Å². The zero-order chi connectivity index (χ0) is 12.5. The van der Waals surface area contributed by atoms with E-state index >= 15 is 0 Å². The van der Waals surface area contributed by atoms with Gasteiger partial charge in [0, 0.05) is 12.8 Å². The van der Waals surface area contributed by atoms with Gasteiger partial charge in [0.05, 0.1) is 65.0 Å². The van der Waals surface area contributed by atoms with Crippen molar-refractivity contribution >= 4 is 0 Å². The van der Waals surface area contributed by atoms with Crippen LogP contribution in [0.4, 0.5) is 0 Å². The molecule has 18 heavy (non-hydrogen) atoms. The molecule has 2 N–H and O–H groups in total. The van der Waals surface area contributed by atoms with Crippen molar-refractivity contribution in [1.29, 1.82) is 0 Å². The summed E-state index contributed by atoms with van der Waals surface area (Å²) in [6.07, 6.45) is 7.02. The number of hydrogen-bond donors (Lipinski definition) is 2. The molecule has 0 amide bonds. The Balaban J connectivity index is 2.03. The predicted octanol–water partition coefficient (Wildman–Crippen LogP) is -0.869. The second kappa shape index (κ2) is 8.20. The van der Waals surface area contributed by atoms with Crippen LogP contribution in [0.3, 0.4) is 0 Å². The monoisotopic (exact) mass is 246 g/mol. The number of nitrogens with one attached hydrogen (secondary N) is 2. The first-order valence-electron chi connectivity index (χ1n) is 7.54. The van der Waals surface area contributed by atoms with Crippen LogP contribution in [0.2, 0.25) is 0 Å². The second-order valence-corrected chi connectivity index (χ2v) is 5.41. The van der Waals surface area contributed by atoms with E-state index in [-0.39, 0.29) is 0 Å². The summed E-state index contributed by atoms with van der Waals surface area (Å²) in [4.78, 5) is 3.42. The molecule has 0 spiro atoms. The van der Waals surface area contributed by atoms with Gasteiger partial charge in [-0.25, -0.2) is 0 Å². The molecule has 0 atom stereocenters. The zero-order valence-corrected chi connectivity index (χ0v) is 11.5. The molecule has 2 aliphatic heterocycles. The Morgan fingerprint density at radius 3 is 1.11 bits per heavy atom. The first-order chi connectivity index (χ1) is 8.95. The molecule has 0 saturated carbocycles. The highest BCUT2D eigenvalue weighted by molar-refractivity contribution is 4.99. The van der Waals surface area contributed by atoms with Crippen LogP contribution in [0, 0.1) is 23.7 Å². The lowest BCUT2D eigenvalue weighted by molar-refractivity contribution is -0.906. The van der Waals surface area contributed by atoms with Gasteiger partial charge >= 0.3 is 0 Å². The smallest absolute Gasteiger partial charge is 0.0882 e. The topological polar surface area (TPSA) is 8.88 Å². The van der Waals surface area contributed by atoms with E-state index < -0.39 is 0 Å². The molecule has 2 rings (SSSR count). The van der Waals surface area contributed by atoms with E-state index in [0.717, 1.165) is 25.7 Å². The van der Waals surface area contributed by atoms with Crippen LogP contribution in [0.1, 0.15) is 38.5 Å². The minimum Gasteiger partial charge on any atom is -0.333 e. The molecular formula is C16H26N2+2. The lowest BCUT2D eigenvalue weighted by Crippen LogP contribution is -3.13.